The lowest BCUT2D eigenvalue weighted by molar-refractivity contribution is 0.690. The lowest BCUT2D eigenvalue weighted by atomic mass is 10.1. The second kappa shape index (κ2) is 5.26. The first-order chi connectivity index (χ1) is 8.83. The summed E-state index contributed by atoms with van der Waals surface area (Å²) in [5.74, 6) is 0. The summed E-state index contributed by atoms with van der Waals surface area (Å²) in [4.78, 5) is 7.70. The first-order valence-electron chi connectivity index (χ1n) is 5.97. The van der Waals surface area contributed by atoms with Crippen molar-refractivity contribution in [3.05, 3.63) is 45.4 Å². The van der Waals surface area contributed by atoms with Crippen LogP contribution in [0.3, 0.4) is 0 Å². The minimum Gasteiger partial charge on any atom is -0.365 e. The van der Waals surface area contributed by atoms with Crippen molar-refractivity contribution in [3.63, 3.8) is 0 Å². The Balaban J connectivity index is 1.87. The summed E-state index contributed by atoms with van der Waals surface area (Å²) in [5.41, 5.74) is 2.66. The number of para-hydroxylation sites is 1. The Morgan fingerprint density at radius 2 is 2.28 bits per heavy atom. The van der Waals surface area contributed by atoms with Crippen LogP contribution in [0.5, 0.6) is 0 Å². The molecule has 3 rings (SSSR count). The van der Waals surface area contributed by atoms with E-state index in [2.05, 4.69) is 39.5 Å². The number of hydrogen-bond acceptors (Lipinski definition) is 4. The van der Waals surface area contributed by atoms with Crippen molar-refractivity contribution in [1.29, 1.82) is 0 Å². The maximum atomic E-state index is 5.89. The topological polar surface area (TPSA) is 28.2 Å². The summed E-state index contributed by atoms with van der Waals surface area (Å²) >= 11 is 7.44. The highest BCUT2D eigenvalue weighted by Crippen LogP contribution is 2.26. The van der Waals surface area contributed by atoms with Crippen LogP contribution in [0.2, 0.25) is 4.47 Å². The predicted molar refractivity (Wildman–Crippen MR) is 76.3 cm³/mol. The molecule has 0 bridgehead atoms. The SMILES string of the molecule is Clc1ncc(CN2CCNCc3ccccc32)s1. The number of benzene rings is 1. The van der Waals surface area contributed by atoms with Crippen LogP contribution in [0.4, 0.5) is 5.69 Å². The fourth-order valence-electron chi connectivity index (χ4n) is 2.24. The van der Waals surface area contributed by atoms with Crippen molar-refractivity contribution in [2.45, 2.75) is 13.1 Å². The highest BCUT2D eigenvalue weighted by Gasteiger charge is 2.15. The average molecular weight is 280 g/mol. The normalized spacial score (nSPS) is 15.3. The molecule has 1 aromatic carbocycles. The Morgan fingerprint density at radius 1 is 1.39 bits per heavy atom. The van der Waals surface area contributed by atoms with Crippen LogP contribution in [0.25, 0.3) is 0 Å². The van der Waals surface area contributed by atoms with Crippen molar-refractivity contribution in [2.75, 3.05) is 18.0 Å². The fraction of sp³-hybridized carbons (Fsp3) is 0.308. The molecule has 2 heterocycles. The summed E-state index contributed by atoms with van der Waals surface area (Å²) in [6, 6.07) is 8.55. The third-order valence-electron chi connectivity index (χ3n) is 3.08. The van der Waals surface area contributed by atoms with Crippen LogP contribution in [0.1, 0.15) is 10.4 Å². The van der Waals surface area contributed by atoms with Crippen molar-refractivity contribution < 1.29 is 0 Å². The van der Waals surface area contributed by atoms with Crippen molar-refractivity contribution >= 4 is 28.6 Å². The van der Waals surface area contributed by atoms with Gasteiger partial charge in [0.05, 0.1) is 6.54 Å². The Bertz CT molecular complexity index is 541. The zero-order chi connectivity index (χ0) is 12.4. The van der Waals surface area contributed by atoms with E-state index in [0.717, 1.165) is 26.2 Å². The molecule has 2 aromatic rings. The van der Waals surface area contributed by atoms with Crippen LogP contribution in [-0.4, -0.2) is 18.1 Å². The summed E-state index contributed by atoms with van der Waals surface area (Å²) in [6.45, 7) is 3.83. The van der Waals surface area contributed by atoms with Gasteiger partial charge < -0.3 is 10.2 Å². The van der Waals surface area contributed by atoms with Crippen LogP contribution in [-0.2, 0) is 13.1 Å². The molecule has 0 unspecified atom stereocenters. The third-order valence-corrected chi connectivity index (χ3v) is 4.18. The molecular formula is C13H14ClN3S. The van der Waals surface area contributed by atoms with Gasteiger partial charge in [-0.3, -0.25) is 0 Å². The highest BCUT2D eigenvalue weighted by atomic mass is 35.5. The monoisotopic (exact) mass is 279 g/mol. The van der Waals surface area contributed by atoms with Gasteiger partial charge in [0.25, 0.3) is 0 Å². The Morgan fingerprint density at radius 3 is 3.11 bits per heavy atom. The molecule has 0 spiro atoms. The van der Waals surface area contributed by atoms with Gasteiger partial charge in [-0.1, -0.05) is 29.8 Å². The van der Waals surface area contributed by atoms with E-state index in [1.807, 2.05) is 6.20 Å². The van der Waals surface area contributed by atoms with Gasteiger partial charge in [-0.15, -0.1) is 11.3 Å². The molecule has 0 radical (unpaired) electrons. The van der Waals surface area contributed by atoms with Crippen molar-refractivity contribution in [3.8, 4) is 0 Å². The Hall–Kier alpha value is -1.10. The minimum atomic E-state index is 0.617. The van der Waals surface area contributed by atoms with Crippen molar-refractivity contribution in [2.24, 2.45) is 0 Å². The van der Waals surface area contributed by atoms with Gasteiger partial charge in [-0.25, -0.2) is 4.98 Å². The van der Waals surface area contributed by atoms with Gasteiger partial charge in [0, 0.05) is 36.4 Å². The van der Waals surface area contributed by atoms with Gasteiger partial charge in [-0.2, -0.15) is 0 Å². The van der Waals surface area contributed by atoms with E-state index in [0.29, 0.717) is 4.47 Å². The van der Waals surface area contributed by atoms with Gasteiger partial charge in [0.1, 0.15) is 0 Å². The lowest BCUT2D eigenvalue weighted by Gasteiger charge is -2.23. The van der Waals surface area contributed by atoms with E-state index in [4.69, 9.17) is 11.6 Å². The van der Waals surface area contributed by atoms with E-state index in [1.165, 1.54) is 16.1 Å². The first kappa shape index (κ1) is 12.0. The summed E-state index contributed by atoms with van der Waals surface area (Å²) < 4.78 is 0.617. The summed E-state index contributed by atoms with van der Waals surface area (Å²) in [6.07, 6.45) is 1.87. The minimum absolute atomic E-state index is 0.617. The van der Waals surface area contributed by atoms with Crippen LogP contribution < -0.4 is 10.2 Å². The molecule has 0 fully saturated rings. The molecule has 0 atom stereocenters. The number of anilines is 1. The summed E-state index contributed by atoms with van der Waals surface area (Å²) in [5, 5.41) is 3.44. The maximum Gasteiger partial charge on any atom is 0.183 e. The number of halogens is 1. The van der Waals surface area contributed by atoms with Crippen LogP contribution in [0.15, 0.2) is 30.5 Å². The number of thiazole rings is 1. The standard InChI is InChI=1S/C13H14ClN3S/c14-13-16-8-11(18-13)9-17-6-5-15-7-10-3-1-2-4-12(10)17/h1-4,8,15H,5-7,9H2. The van der Waals surface area contributed by atoms with Crippen molar-refractivity contribution in [1.82, 2.24) is 10.3 Å². The average Bonchev–Trinajstić information content (AvgIpc) is 2.68. The fourth-order valence-corrected chi connectivity index (χ4v) is 3.23. The molecule has 0 saturated heterocycles. The number of nitrogens with one attached hydrogen (secondary N) is 1. The quantitative estimate of drug-likeness (QED) is 0.916. The van der Waals surface area contributed by atoms with E-state index in [-0.39, 0.29) is 0 Å². The predicted octanol–water partition coefficient (Wildman–Crippen LogP) is 2.91. The van der Waals surface area contributed by atoms with Gasteiger partial charge in [0.15, 0.2) is 4.47 Å². The van der Waals surface area contributed by atoms with Crippen LogP contribution in [0, 0.1) is 0 Å². The smallest absolute Gasteiger partial charge is 0.183 e. The zero-order valence-corrected chi connectivity index (χ0v) is 11.5. The lowest BCUT2D eigenvalue weighted by Crippen LogP contribution is -2.27. The largest absolute Gasteiger partial charge is 0.365 e. The number of aromatic nitrogens is 1. The Kier molecular flexibility index (Phi) is 3.50. The number of fused-ring (bicyclic) bond motifs is 1. The molecular weight excluding hydrogens is 266 g/mol. The molecule has 94 valence electrons. The highest BCUT2D eigenvalue weighted by molar-refractivity contribution is 7.15. The molecule has 0 amide bonds. The van der Waals surface area contributed by atoms with Gasteiger partial charge >= 0.3 is 0 Å². The second-order valence-electron chi connectivity index (χ2n) is 4.31. The van der Waals surface area contributed by atoms with E-state index in [1.54, 1.807) is 11.3 Å². The molecule has 18 heavy (non-hydrogen) atoms. The second-order valence-corrected chi connectivity index (χ2v) is 6.00. The number of nitrogens with zero attached hydrogens (tertiary/aromatic N) is 2. The van der Waals surface area contributed by atoms with E-state index in [9.17, 15) is 0 Å². The number of hydrogen-bond donors (Lipinski definition) is 1. The van der Waals surface area contributed by atoms with Crippen LogP contribution >= 0.6 is 22.9 Å². The van der Waals surface area contributed by atoms with E-state index >= 15 is 0 Å². The van der Waals surface area contributed by atoms with Gasteiger partial charge in [-0.05, 0) is 11.6 Å². The Labute approximate surface area is 115 Å². The molecule has 1 aliphatic rings. The molecule has 5 heteroatoms. The third kappa shape index (κ3) is 2.51. The zero-order valence-electron chi connectivity index (χ0n) is 9.90. The molecule has 1 aliphatic heterocycles. The summed E-state index contributed by atoms with van der Waals surface area (Å²) in [7, 11) is 0. The maximum absolute atomic E-state index is 5.89. The van der Waals surface area contributed by atoms with E-state index < -0.39 is 0 Å². The molecule has 3 nitrogen and oxygen atoms in total. The number of rotatable bonds is 2. The van der Waals surface area contributed by atoms with Gasteiger partial charge in [0.2, 0.25) is 0 Å². The molecule has 1 aromatic heterocycles. The molecule has 0 saturated carbocycles. The molecule has 0 aliphatic carbocycles. The first-order valence-corrected chi connectivity index (χ1v) is 7.16. The molecule has 1 N–H and O–H groups in total.